The first-order valence-electron chi connectivity index (χ1n) is 14.8. The van der Waals surface area contributed by atoms with Gasteiger partial charge in [0.15, 0.2) is 0 Å². The molecule has 0 radical (unpaired) electrons. The Morgan fingerprint density at radius 2 is 1.07 bits per heavy atom. The third-order valence-electron chi connectivity index (χ3n) is 5.45. The second-order valence-electron chi connectivity index (χ2n) is 13.1. The van der Waals surface area contributed by atoms with E-state index in [0.29, 0.717) is 55.2 Å². The lowest BCUT2D eigenvalue weighted by Crippen LogP contribution is -2.49. The molecule has 0 unspecified atom stereocenters. The lowest BCUT2D eigenvalue weighted by atomic mass is 10.0. The van der Waals surface area contributed by atoms with E-state index in [9.17, 15) is 19.2 Å². The largest absolute Gasteiger partial charge is 0.444 e. The first kappa shape index (κ1) is 37.9. The molecule has 0 aliphatic carbocycles. The molecule has 1 aromatic carbocycles. The molecule has 0 bridgehead atoms. The van der Waals surface area contributed by atoms with E-state index in [4.69, 9.17) is 4.74 Å². The number of nitrogens with one attached hydrogen (secondary N) is 4. The van der Waals surface area contributed by atoms with Gasteiger partial charge in [0.2, 0.25) is 11.8 Å². The second kappa shape index (κ2) is 19.1. The van der Waals surface area contributed by atoms with E-state index in [0.717, 1.165) is 0 Å². The van der Waals surface area contributed by atoms with Crippen molar-refractivity contribution in [3.8, 4) is 0 Å². The molecule has 1 aromatic rings. The number of carbonyl (C=O) groups is 4. The second-order valence-corrected chi connectivity index (χ2v) is 13.1. The van der Waals surface area contributed by atoms with E-state index in [1.807, 2.05) is 73.6 Å². The molecule has 0 spiro atoms. The van der Waals surface area contributed by atoms with Gasteiger partial charge in [-0.05, 0) is 69.4 Å². The molecule has 2 atom stereocenters. The number of benzene rings is 1. The van der Waals surface area contributed by atoms with Crippen LogP contribution in [-0.4, -0.2) is 54.6 Å². The summed E-state index contributed by atoms with van der Waals surface area (Å²) in [6.07, 6.45) is 0.661. The van der Waals surface area contributed by atoms with E-state index in [2.05, 4.69) is 21.3 Å². The van der Waals surface area contributed by atoms with Crippen LogP contribution in [0.25, 0.3) is 0 Å². The highest BCUT2D eigenvalue weighted by atomic mass is 16.6. The highest BCUT2D eigenvalue weighted by molar-refractivity contribution is 5.97. The maximum Gasteiger partial charge on any atom is 0.408 e. The summed E-state index contributed by atoms with van der Waals surface area (Å²) in [6, 6.07) is 7.93. The van der Waals surface area contributed by atoms with Gasteiger partial charge in [0.1, 0.15) is 17.7 Å². The number of amides is 4. The van der Waals surface area contributed by atoms with Crippen LogP contribution in [0.15, 0.2) is 30.3 Å². The van der Waals surface area contributed by atoms with Crippen molar-refractivity contribution >= 4 is 23.8 Å². The zero-order chi connectivity index (χ0) is 31.8. The molecular weight excluding hydrogens is 520 g/mol. The smallest absolute Gasteiger partial charge is 0.408 e. The molecule has 41 heavy (non-hydrogen) atoms. The summed E-state index contributed by atoms with van der Waals surface area (Å²) < 4.78 is 5.20. The Morgan fingerprint density at radius 3 is 1.44 bits per heavy atom. The fourth-order valence-electron chi connectivity index (χ4n) is 3.54. The summed E-state index contributed by atoms with van der Waals surface area (Å²) in [5.74, 6) is 0.926. The highest BCUT2D eigenvalue weighted by Gasteiger charge is 2.25. The van der Waals surface area contributed by atoms with Crippen LogP contribution in [0.5, 0.6) is 0 Å². The van der Waals surface area contributed by atoms with Crippen molar-refractivity contribution in [2.45, 2.75) is 107 Å². The summed E-state index contributed by atoms with van der Waals surface area (Å²) in [4.78, 5) is 48.3. The zero-order valence-electron chi connectivity index (χ0n) is 27.2. The van der Waals surface area contributed by atoms with Crippen LogP contribution in [0.2, 0.25) is 0 Å². The SMILES string of the molecule is CC(C)CNC(=O)[C@H](CC(C)C)NC(=O)OC(C)(C)C.CC(C)CNC(=O)[C@H](CC(C)C)NC(=O)c1ccccc1. The highest BCUT2D eigenvalue weighted by Crippen LogP contribution is 2.10. The van der Waals surface area contributed by atoms with Crippen LogP contribution in [-0.2, 0) is 14.3 Å². The fourth-order valence-corrected chi connectivity index (χ4v) is 3.54. The molecule has 1 rings (SSSR count). The Balaban J connectivity index is 0.000000782. The van der Waals surface area contributed by atoms with Gasteiger partial charge in [0.05, 0.1) is 0 Å². The Bertz CT molecular complexity index is 924. The summed E-state index contributed by atoms with van der Waals surface area (Å²) in [5, 5.41) is 11.2. The monoisotopic (exact) mass is 576 g/mol. The first-order valence-corrected chi connectivity index (χ1v) is 14.8. The molecule has 4 amide bonds. The molecule has 0 saturated carbocycles. The van der Waals surface area contributed by atoms with E-state index in [1.165, 1.54) is 0 Å². The molecule has 0 aliphatic heterocycles. The minimum absolute atomic E-state index is 0.110. The number of alkyl carbamates (subject to hydrolysis) is 1. The molecule has 9 heteroatoms. The number of rotatable bonds is 13. The van der Waals surface area contributed by atoms with Gasteiger partial charge in [-0.3, -0.25) is 14.4 Å². The molecule has 4 N–H and O–H groups in total. The molecule has 9 nitrogen and oxygen atoms in total. The van der Waals surface area contributed by atoms with Crippen molar-refractivity contribution in [2.24, 2.45) is 23.7 Å². The van der Waals surface area contributed by atoms with Crippen LogP contribution < -0.4 is 21.3 Å². The average molecular weight is 577 g/mol. The van der Waals surface area contributed by atoms with Crippen molar-refractivity contribution in [2.75, 3.05) is 13.1 Å². The Labute approximate surface area is 248 Å². The van der Waals surface area contributed by atoms with Gasteiger partial charge in [-0.2, -0.15) is 0 Å². The Morgan fingerprint density at radius 1 is 0.659 bits per heavy atom. The third-order valence-corrected chi connectivity index (χ3v) is 5.45. The Hall–Kier alpha value is -3.10. The van der Waals surface area contributed by atoms with Gasteiger partial charge in [0, 0.05) is 18.7 Å². The number of hydrogen-bond acceptors (Lipinski definition) is 5. The molecule has 0 aromatic heterocycles. The average Bonchev–Trinajstić information content (AvgIpc) is 2.84. The summed E-state index contributed by atoms with van der Waals surface area (Å²) in [7, 11) is 0. The quantitative estimate of drug-likeness (QED) is 0.254. The van der Waals surface area contributed by atoms with Gasteiger partial charge < -0.3 is 26.0 Å². The van der Waals surface area contributed by atoms with Crippen molar-refractivity contribution in [3.05, 3.63) is 35.9 Å². The molecule has 0 fully saturated rings. The standard InChI is InChI=1S/C17H26N2O2.C15H30N2O3/c1-12(2)10-15(17(21)18-11-13(3)4)19-16(20)14-8-6-5-7-9-14;1-10(2)8-12(13(18)16-9-11(3)4)17-14(19)20-15(5,6)7/h5-9,12-13,15H,10-11H2,1-4H3,(H,18,21)(H,19,20);10-12H,8-9H2,1-7H3,(H,16,18)(H,17,19)/t15-;12-/m00/s1. The van der Waals surface area contributed by atoms with Crippen LogP contribution in [0.3, 0.4) is 0 Å². The predicted molar refractivity (Wildman–Crippen MR) is 165 cm³/mol. The van der Waals surface area contributed by atoms with Gasteiger partial charge in [-0.25, -0.2) is 4.79 Å². The zero-order valence-corrected chi connectivity index (χ0v) is 27.2. The van der Waals surface area contributed by atoms with E-state index < -0.39 is 23.8 Å². The van der Waals surface area contributed by atoms with Crippen LogP contribution >= 0.6 is 0 Å². The van der Waals surface area contributed by atoms with E-state index in [1.54, 1.807) is 32.9 Å². The normalized spacial score (nSPS) is 12.8. The first-order chi connectivity index (χ1) is 18.9. The van der Waals surface area contributed by atoms with Crippen molar-refractivity contribution in [1.29, 1.82) is 0 Å². The van der Waals surface area contributed by atoms with Crippen LogP contribution in [0.1, 0.15) is 99.4 Å². The predicted octanol–water partition coefficient (Wildman–Crippen LogP) is 5.30. The minimum Gasteiger partial charge on any atom is -0.444 e. The fraction of sp³-hybridized carbons (Fsp3) is 0.688. The maximum absolute atomic E-state index is 12.2. The van der Waals surface area contributed by atoms with Crippen molar-refractivity contribution in [3.63, 3.8) is 0 Å². The lowest BCUT2D eigenvalue weighted by molar-refractivity contribution is -0.124. The molecular formula is C32H56N4O5. The van der Waals surface area contributed by atoms with Crippen LogP contribution in [0.4, 0.5) is 4.79 Å². The van der Waals surface area contributed by atoms with E-state index >= 15 is 0 Å². The molecule has 0 heterocycles. The van der Waals surface area contributed by atoms with Gasteiger partial charge in [-0.1, -0.05) is 73.6 Å². The number of carbonyl (C=O) groups excluding carboxylic acids is 4. The van der Waals surface area contributed by atoms with Gasteiger partial charge in [-0.15, -0.1) is 0 Å². The topological polar surface area (TPSA) is 126 Å². The maximum atomic E-state index is 12.2. The van der Waals surface area contributed by atoms with E-state index in [-0.39, 0.29) is 17.7 Å². The summed E-state index contributed by atoms with van der Waals surface area (Å²) in [6.45, 7) is 22.8. The van der Waals surface area contributed by atoms with Gasteiger partial charge in [0.25, 0.3) is 5.91 Å². The number of ether oxygens (including phenoxy) is 1. The third kappa shape index (κ3) is 19.6. The lowest BCUT2D eigenvalue weighted by Gasteiger charge is -2.24. The summed E-state index contributed by atoms with van der Waals surface area (Å²) >= 11 is 0. The van der Waals surface area contributed by atoms with Crippen LogP contribution in [0, 0.1) is 23.7 Å². The van der Waals surface area contributed by atoms with Gasteiger partial charge >= 0.3 is 6.09 Å². The summed E-state index contributed by atoms with van der Waals surface area (Å²) in [5.41, 5.74) is 0.00357. The van der Waals surface area contributed by atoms with Crippen molar-refractivity contribution < 1.29 is 23.9 Å². The molecule has 0 aliphatic rings. The minimum atomic E-state index is -0.569. The van der Waals surface area contributed by atoms with Crippen molar-refractivity contribution in [1.82, 2.24) is 21.3 Å². The molecule has 0 saturated heterocycles. The Kier molecular flexibility index (Phi) is 17.7. The molecule has 234 valence electrons. The number of hydrogen-bond donors (Lipinski definition) is 4.